The zero-order valence-corrected chi connectivity index (χ0v) is 17.1. The summed E-state index contributed by atoms with van der Waals surface area (Å²) in [7, 11) is 0. The first-order valence-electron chi connectivity index (χ1n) is 8.86. The van der Waals surface area contributed by atoms with Crippen molar-refractivity contribution in [2.24, 2.45) is 0 Å². The lowest BCUT2D eigenvalue weighted by Gasteiger charge is -2.41. The highest BCUT2D eigenvalue weighted by molar-refractivity contribution is 6.68. The summed E-state index contributed by atoms with van der Waals surface area (Å²) in [4.78, 5) is 16.9. The molecule has 4 nitrogen and oxygen atoms in total. The number of carbonyl (C=O) groups excluding carboxylic acids is 1. The number of nitrogens with zero attached hydrogens (tertiary/aromatic N) is 2. The van der Waals surface area contributed by atoms with Crippen LogP contribution < -0.4 is 5.32 Å². The summed E-state index contributed by atoms with van der Waals surface area (Å²) in [6.45, 7) is 3.99. The first kappa shape index (κ1) is 20.4. The second-order valence-electron chi connectivity index (χ2n) is 6.58. The number of hydrogen-bond donors (Lipinski definition) is 1. The number of rotatable bonds is 5. The van der Waals surface area contributed by atoms with E-state index < -0.39 is 9.96 Å². The van der Waals surface area contributed by atoms with Crippen LogP contribution in [0.5, 0.6) is 0 Å². The summed E-state index contributed by atoms with van der Waals surface area (Å²) >= 11 is 18.6. The SMILES string of the molecule is O=C(N[C@H](N1CCN(Cc2ccccc2)CC1)C(Cl)(Cl)Cl)c1ccccc1. The Balaban J connectivity index is 1.61. The van der Waals surface area contributed by atoms with E-state index in [0.717, 1.165) is 19.6 Å². The van der Waals surface area contributed by atoms with Crippen LogP contribution in [0, 0.1) is 0 Å². The van der Waals surface area contributed by atoms with Crippen LogP contribution in [0.3, 0.4) is 0 Å². The van der Waals surface area contributed by atoms with Crippen LogP contribution >= 0.6 is 34.8 Å². The van der Waals surface area contributed by atoms with Gasteiger partial charge in [0.1, 0.15) is 6.17 Å². The molecule has 27 heavy (non-hydrogen) atoms. The lowest BCUT2D eigenvalue weighted by atomic mass is 10.2. The molecule has 144 valence electrons. The van der Waals surface area contributed by atoms with Gasteiger partial charge in [-0.3, -0.25) is 14.6 Å². The van der Waals surface area contributed by atoms with Crippen molar-refractivity contribution >= 4 is 40.7 Å². The molecule has 0 unspecified atom stereocenters. The third kappa shape index (κ3) is 5.84. The molecule has 1 atom stereocenters. The number of hydrogen-bond acceptors (Lipinski definition) is 3. The molecule has 1 heterocycles. The van der Waals surface area contributed by atoms with Crippen LogP contribution in [0.1, 0.15) is 15.9 Å². The van der Waals surface area contributed by atoms with E-state index in [1.54, 1.807) is 12.1 Å². The standard InChI is InChI=1S/C20H22Cl3N3O/c21-20(22,23)19(24-18(27)17-9-5-2-6-10-17)26-13-11-25(12-14-26)15-16-7-3-1-4-8-16/h1-10,19H,11-15H2,(H,24,27)/t19-/m1/s1. The molecule has 0 aromatic heterocycles. The van der Waals surface area contributed by atoms with Crippen molar-refractivity contribution in [1.82, 2.24) is 15.1 Å². The minimum absolute atomic E-state index is 0.251. The van der Waals surface area contributed by atoms with Gasteiger partial charge < -0.3 is 5.32 Å². The molecule has 3 rings (SSSR count). The second-order valence-corrected chi connectivity index (χ2v) is 8.95. The van der Waals surface area contributed by atoms with E-state index in [9.17, 15) is 4.79 Å². The van der Waals surface area contributed by atoms with Gasteiger partial charge in [0.2, 0.25) is 3.79 Å². The van der Waals surface area contributed by atoms with Gasteiger partial charge in [-0.25, -0.2) is 0 Å². The van der Waals surface area contributed by atoms with Gasteiger partial charge in [-0.05, 0) is 17.7 Å². The molecular formula is C20H22Cl3N3O. The first-order valence-corrected chi connectivity index (χ1v) is 10.00. The Labute approximate surface area is 175 Å². The van der Waals surface area contributed by atoms with Gasteiger partial charge in [0, 0.05) is 38.3 Å². The molecule has 0 aliphatic carbocycles. The van der Waals surface area contributed by atoms with Gasteiger partial charge in [-0.1, -0.05) is 83.3 Å². The summed E-state index contributed by atoms with van der Waals surface area (Å²) < 4.78 is -1.62. The molecular weight excluding hydrogens is 405 g/mol. The van der Waals surface area contributed by atoms with E-state index in [0.29, 0.717) is 18.7 Å². The van der Waals surface area contributed by atoms with E-state index in [1.807, 2.05) is 41.3 Å². The highest BCUT2D eigenvalue weighted by Gasteiger charge is 2.39. The Morgan fingerprint density at radius 1 is 0.926 bits per heavy atom. The third-order valence-corrected chi connectivity index (χ3v) is 5.25. The number of halogens is 3. The largest absolute Gasteiger partial charge is 0.332 e. The van der Waals surface area contributed by atoms with Crippen LogP contribution in [-0.4, -0.2) is 51.8 Å². The zero-order valence-electron chi connectivity index (χ0n) is 14.8. The Bertz CT molecular complexity index is 729. The van der Waals surface area contributed by atoms with Crippen LogP contribution in [-0.2, 0) is 6.54 Å². The van der Waals surface area contributed by atoms with E-state index in [-0.39, 0.29) is 5.91 Å². The third-order valence-electron chi connectivity index (χ3n) is 4.63. The van der Waals surface area contributed by atoms with Crippen molar-refractivity contribution < 1.29 is 4.79 Å². The maximum atomic E-state index is 12.5. The maximum absolute atomic E-state index is 12.5. The molecule has 7 heteroatoms. The second kappa shape index (κ2) is 9.26. The summed E-state index contributed by atoms with van der Waals surface area (Å²) in [5.41, 5.74) is 1.82. The summed E-state index contributed by atoms with van der Waals surface area (Å²) in [6, 6.07) is 19.3. The lowest BCUT2D eigenvalue weighted by Crippen LogP contribution is -2.60. The number of alkyl halides is 3. The molecule has 1 aliphatic rings. The van der Waals surface area contributed by atoms with Gasteiger partial charge in [0.05, 0.1) is 0 Å². The van der Waals surface area contributed by atoms with Crippen molar-refractivity contribution in [3.63, 3.8) is 0 Å². The molecule has 0 bridgehead atoms. The van der Waals surface area contributed by atoms with Crippen molar-refractivity contribution in [1.29, 1.82) is 0 Å². The molecule has 1 fully saturated rings. The number of piperazine rings is 1. The smallest absolute Gasteiger partial charge is 0.252 e. The quantitative estimate of drug-likeness (QED) is 0.736. The van der Waals surface area contributed by atoms with Crippen LogP contribution in [0.4, 0.5) is 0 Å². The monoisotopic (exact) mass is 425 g/mol. The minimum Gasteiger partial charge on any atom is -0.332 e. The predicted octanol–water partition coefficient (Wildman–Crippen LogP) is 3.93. The first-order chi connectivity index (χ1) is 12.9. The van der Waals surface area contributed by atoms with Gasteiger partial charge >= 0.3 is 0 Å². The lowest BCUT2D eigenvalue weighted by molar-refractivity contribution is 0.0658. The highest BCUT2D eigenvalue weighted by atomic mass is 35.6. The minimum atomic E-state index is -1.62. The Morgan fingerprint density at radius 2 is 1.48 bits per heavy atom. The fraction of sp³-hybridized carbons (Fsp3) is 0.350. The molecule has 2 aromatic carbocycles. The Kier molecular flexibility index (Phi) is 7.01. The molecule has 1 amide bonds. The zero-order chi connectivity index (χ0) is 19.3. The van der Waals surface area contributed by atoms with E-state index in [2.05, 4.69) is 22.3 Å². The number of benzene rings is 2. The van der Waals surface area contributed by atoms with Crippen LogP contribution in [0.15, 0.2) is 60.7 Å². The van der Waals surface area contributed by atoms with E-state index in [1.165, 1.54) is 5.56 Å². The molecule has 1 saturated heterocycles. The van der Waals surface area contributed by atoms with Gasteiger partial charge in [0.25, 0.3) is 5.91 Å². The molecule has 0 radical (unpaired) electrons. The molecule has 0 spiro atoms. The van der Waals surface area contributed by atoms with Crippen molar-refractivity contribution in [3.05, 3.63) is 71.8 Å². The predicted molar refractivity (Wildman–Crippen MR) is 111 cm³/mol. The summed E-state index contributed by atoms with van der Waals surface area (Å²) in [6.07, 6.45) is -0.686. The highest BCUT2D eigenvalue weighted by Crippen LogP contribution is 2.33. The number of nitrogens with one attached hydrogen (secondary N) is 1. The molecule has 2 aromatic rings. The summed E-state index contributed by atoms with van der Waals surface area (Å²) in [5.74, 6) is -0.251. The van der Waals surface area contributed by atoms with Crippen LogP contribution in [0.2, 0.25) is 0 Å². The normalized spacial score (nSPS) is 17.4. The topological polar surface area (TPSA) is 35.6 Å². The Morgan fingerprint density at radius 3 is 2.04 bits per heavy atom. The fourth-order valence-electron chi connectivity index (χ4n) is 3.20. The molecule has 1 aliphatic heterocycles. The van der Waals surface area contributed by atoms with E-state index >= 15 is 0 Å². The number of carbonyl (C=O) groups is 1. The summed E-state index contributed by atoms with van der Waals surface area (Å²) in [5, 5.41) is 2.88. The number of amides is 1. The van der Waals surface area contributed by atoms with Crippen molar-refractivity contribution in [2.45, 2.75) is 16.5 Å². The van der Waals surface area contributed by atoms with Gasteiger partial charge in [-0.2, -0.15) is 0 Å². The maximum Gasteiger partial charge on any atom is 0.252 e. The molecule has 0 saturated carbocycles. The van der Waals surface area contributed by atoms with Crippen molar-refractivity contribution in [2.75, 3.05) is 26.2 Å². The van der Waals surface area contributed by atoms with Crippen molar-refractivity contribution in [3.8, 4) is 0 Å². The molecule has 1 N–H and O–H groups in total. The van der Waals surface area contributed by atoms with Crippen LogP contribution in [0.25, 0.3) is 0 Å². The Hall–Kier alpha value is -1.30. The fourth-order valence-corrected chi connectivity index (χ4v) is 3.78. The van der Waals surface area contributed by atoms with Gasteiger partial charge in [-0.15, -0.1) is 0 Å². The van der Waals surface area contributed by atoms with E-state index in [4.69, 9.17) is 34.8 Å². The average molecular weight is 427 g/mol. The van der Waals surface area contributed by atoms with Gasteiger partial charge in [0.15, 0.2) is 0 Å². The average Bonchev–Trinajstić information content (AvgIpc) is 2.67.